The zero-order valence-electron chi connectivity index (χ0n) is 7.88. The van der Waals surface area contributed by atoms with Crippen molar-refractivity contribution in [2.24, 2.45) is 5.73 Å². The lowest BCUT2D eigenvalue weighted by molar-refractivity contribution is -0.0523. The van der Waals surface area contributed by atoms with E-state index in [9.17, 15) is 5.11 Å². The molecule has 4 N–H and O–H groups in total. The fourth-order valence-electron chi connectivity index (χ4n) is 2.29. The normalized spacial score (nSPS) is 39.2. The van der Waals surface area contributed by atoms with Crippen molar-refractivity contribution in [2.75, 3.05) is 26.3 Å². The Bertz CT molecular complexity index is 184. The lowest BCUT2D eigenvalue weighted by Gasteiger charge is -2.44. The van der Waals surface area contributed by atoms with Gasteiger partial charge in [0.25, 0.3) is 0 Å². The monoisotopic (exact) mass is 186 g/mol. The van der Waals surface area contributed by atoms with E-state index in [4.69, 9.17) is 10.5 Å². The Morgan fingerprint density at radius 2 is 1.92 bits per heavy atom. The highest BCUT2D eigenvalue weighted by molar-refractivity contribution is 5.07. The van der Waals surface area contributed by atoms with Gasteiger partial charge in [0.05, 0.1) is 6.61 Å². The van der Waals surface area contributed by atoms with Gasteiger partial charge in [-0.05, 0) is 25.9 Å². The van der Waals surface area contributed by atoms with Gasteiger partial charge in [0.15, 0.2) is 0 Å². The topological polar surface area (TPSA) is 67.5 Å². The van der Waals surface area contributed by atoms with E-state index >= 15 is 0 Å². The molecule has 0 aliphatic carbocycles. The molecule has 2 fully saturated rings. The molecular weight excluding hydrogens is 168 g/mol. The number of aliphatic hydroxyl groups is 1. The average molecular weight is 186 g/mol. The van der Waals surface area contributed by atoms with Crippen molar-refractivity contribution in [3.05, 3.63) is 0 Å². The van der Waals surface area contributed by atoms with Crippen LogP contribution in [0.5, 0.6) is 0 Å². The zero-order chi connectivity index (χ0) is 9.36. The van der Waals surface area contributed by atoms with Gasteiger partial charge in [-0.15, -0.1) is 0 Å². The molecule has 2 aliphatic heterocycles. The number of hydrogen-bond acceptors (Lipinski definition) is 4. The van der Waals surface area contributed by atoms with Crippen molar-refractivity contribution >= 4 is 0 Å². The molecule has 0 bridgehead atoms. The number of nitrogens with one attached hydrogen (secondary N) is 1. The van der Waals surface area contributed by atoms with Crippen LogP contribution in [0.3, 0.4) is 0 Å². The van der Waals surface area contributed by atoms with E-state index < -0.39 is 11.1 Å². The predicted octanol–water partition coefficient (Wildman–Crippen LogP) is -0.781. The first kappa shape index (κ1) is 9.40. The van der Waals surface area contributed by atoms with Crippen LogP contribution in [-0.4, -0.2) is 42.5 Å². The minimum Gasteiger partial charge on any atom is -0.385 e. The molecule has 0 radical (unpaired) electrons. The maximum Gasteiger partial charge on any atom is 0.108 e. The van der Waals surface area contributed by atoms with Crippen LogP contribution >= 0.6 is 0 Å². The van der Waals surface area contributed by atoms with Gasteiger partial charge in [0.1, 0.15) is 5.60 Å². The number of ether oxygens (including phenoxy) is 1. The Morgan fingerprint density at radius 1 is 1.23 bits per heavy atom. The maximum atomic E-state index is 10.3. The van der Waals surface area contributed by atoms with E-state index in [0.29, 0.717) is 19.6 Å². The molecule has 4 nitrogen and oxygen atoms in total. The van der Waals surface area contributed by atoms with E-state index in [-0.39, 0.29) is 0 Å². The molecular formula is C9H18N2O2. The first-order valence-electron chi connectivity index (χ1n) is 4.96. The molecule has 0 aromatic rings. The molecule has 2 heterocycles. The Morgan fingerprint density at radius 3 is 2.46 bits per heavy atom. The van der Waals surface area contributed by atoms with E-state index in [2.05, 4.69) is 5.32 Å². The van der Waals surface area contributed by atoms with Gasteiger partial charge in [-0.3, -0.25) is 0 Å². The minimum absolute atomic E-state index is 0.406. The van der Waals surface area contributed by atoms with E-state index in [0.717, 1.165) is 25.9 Å². The number of nitrogens with two attached hydrogens (primary N) is 1. The van der Waals surface area contributed by atoms with Crippen molar-refractivity contribution in [1.82, 2.24) is 5.32 Å². The van der Waals surface area contributed by atoms with Crippen LogP contribution < -0.4 is 11.1 Å². The molecule has 0 amide bonds. The second kappa shape index (κ2) is 3.20. The van der Waals surface area contributed by atoms with Crippen molar-refractivity contribution < 1.29 is 9.84 Å². The first-order chi connectivity index (χ1) is 6.16. The summed E-state index contributed by atoms with van der Waals surface area (Å²) in [6.07, 6.45) is 2.36. The van der Waals surface area contributed by atoms with Crippen molar-refractivity contribution in [2.45, 2.75) is 30.4 Å². The molecule has 1 atom stereocenters. The molecule has 1 unspecified atom stereocenters. The molecule has 4 heteroatoms. The van der Waals surface area contributed by atoms with Crippen LogP contribution in [0.1, 0.15) is 19.3 Å². The average Bonchev–Trinajstić information content (AvgIpc) is 2.55. The summed E-state index contributed by atoms with van der Waals surface area (Å²) in [6.45, 7) is 2.85. The summed E-state index contributed by atoms with van der Waals surface area (Å²) in [5.41, 5.74) is 5.01. The third-order valence-corrected chi connectivity index (χ3v) is 3.42. The van der Waals surface area contributed by atoms with E-state index in [1.54, 1.807) is 0 Å². The smallest absolute Gasteiger partial charge is 0.108 e. The SMILES string of the molecule is NC1(C2(O)CCOC2)CCNCC1. The van der Waals surface area contributed by atoms with Gasteiger partial charge in [-0.2, -0.15) is 0 Å². The maximum absolute atomic E-state index is 10.3. The van der Waals surface area contributed by atoms with Crippen LogP contribution in [0.25, 0.3) is 0 Å². The molecule has 0 saturated carbocycles. The van der Waals surface area contributed by atoms with Crippen LogP contribution in [0.15, 0.2) is 0 Å². The Kier molecular flexibility index (Phi) is 2.32. The van der Waals surface area contributed by atoms with E-state index in [1.165, 1.54) is 0 Å². The lowest BCUT2D eigenvalue weighted by Crippen LogP contribution is -2.65. The lowest BCUT2D eigenvalue weighted by atomic mass is 9.73. The van der Waals surface area contributed by atoms with Crippen LogP contribution in [-0.2, 0) is 4.74 Å². The molecule has 2 rings (SSSR count). The number of piperidine rings is 1. The highest BCUT2D eigenvalue weighted by atomic mass is 16.5. The number of hydrogen-bond donors (Lipinski definition) is 3. The van der Waals surface area contributed by atoms with Gasteiger partial charge >= 0.3 is 0 Å². The Balaban J connectivity index is 2.11. The summed E-state index contributed by atoms with van der Waals surface area (Å²) >= 11 is 0. The highest BCUT2D eigenvalue weighted by Gasteiger charge is 2.50. The molecule has 76 valence electrons. The van der Waals surface area contributed by atoms with Crippen molar-refractivity contribution in [1.29, 1.82) is 0 Å². The Hall–Kier alpha value is -0.160. The quantitative estimate of drug-likeness (QED) is 0.502. The van der Waals surface area contributed by atoms with Gasteiger partial charge in [-0.1, -0.05) is 0 Å². The van der Waals surface area contributed by atoms with E-state index in [1.807, 2.05) is 0 Å². The summed E-state index contributed by atoms with van der Waals surface area (Å²) in [6, 6.07) is 0. The standard InChI is InChI=1S/C9H18N2O2/c10-8(1-4-11-5-2-8)9(12)3-6-13-7-9/h11-12H,1-7,10H2. The summed E-state index contributed by atoms with van der Waals surface area (Å²) in [5.74, 6) is 0. The van der Waals surface area contributed by atoms with Crippen molar-refractivity contribution in [3.63, 3.8) is 0 Å². The third-order valence-electron chi connectivity index (χ3n) is 3.42. The summed E-state index contributed by atoms with van der Waals surface area (Å²) < 4.78 is 5.23. The third kappa shape index (κ3) is 1.48. The van der Waals surface area contributed by atoms with Gasteiger partial charge in [0, 0.05) is 18.6 Å². The number of rotatable bonds is 1. The molecule has 2 saturated heterocycles. The highest BCUT2D eigenvalue weighted by Crippen LogP contribution is 2.34. The summed E-state index contributed by atoms with van der Waals surface area (Å²) in [4.78, 5) is 0. The van der Waals surface area contributed by atoms with Gasteiger partial charge in [0.2, 0.25) is 0 Å². The molecule has 2 aliphatic rings. The van der Waals surface area contributed by atoms with Crippen LogP contribution in [0.2, 0.25) is 0 Å². The fraction of sp³-hybridized carbons (Fsp3) is 1.00. The minimum atomic E-state index is -0.783. The second-order valence-corrected chi connectivity index (χ2v) is 4.24. The zero-order valence-corrected chi connectivity index (χ0v) is 7.88. The Labute approximate surface area is 78.4 Å². The summed E-state index contributed by atoms with van der Waals surface area (Å²) in [5, 5.41) is 13.5. The van der Waals surface area contributed by atoms with Crippen LogP contribution in [0.4, 0.5) is 0 Å². The largest absolute Gasteiger partial charge is 0.385 e. The molecule has 0 spiro atoms. The van der Waals surface area contributed by atoms with Gasteiger partial charge in [-0.25, -0.2) is 0 Å². The fourth-order valence-corrected chi connectivity index (χ4v) is 2.29. The second-order valence-electron chi connectivity index (χ2n) is 4.24. The summed E-state index contributed by atoms with van der Waals surface area (Å²) in [7, 11) is 0. The van der Waals surface area contributed by atoms with Gasteiger partial charge < -0.3 is 20.9 Å². The molecule has 0 aromatic heterocycles. The predicted molar refractivity (Wildman–Crippen MR) is 49.4 cm³/mol. The molecule has 0 aromatic carbocycles. The van der Waals surface area contributed by atoms with Crippen molar-refractivity contribution in [3.8, 4) is 0 Å². The first-order valence-corrected chi connectivity index (χ1v) is 4.96. The van der Waals surface area contributed by atoms with Crippen LogP contribution in [0, 0.1) is 0 Å². The molecule has 13 heavy (non-hydrogen) atoms.